The summed E-state index contributed by atoms with van der Waals surface area (Å²) >= 11 is 0. The van der Waals surface area contributed by atoms with Crippen LogP contribution in [-0.2, 0) is 11.0 Å². The minimum Gasteiger partial charge on any atom is -0.321 e. The first-order chi connectivity index (χ1) is 11.8. The Labute approximate surface area is 140 Å². The molecule has 0 unspecified atom stereocenters. The minimum atomic E-state index is -4.55. The number of carbonyl (C=O) groups excluding carboxylic acids is 2. The van der Waals surface area contributed by atoms with Gasteiger partial charge in [-0.25, -0.2) is 4.98 Å². The molecule has 1 fully saturated rings. The van der Waals surface area contributed by atoms with Crippen LogP contribution in [0.4, 0.5) is 24.7 Å². The zero-order valence-corrected chi connectivity index (χ0v) is 12.8. The second-order valence-electron chi connectivity index (χ2n) is 5.61. The summed E-state index contributed by atoms with van der Waals surface area (Å²) in [6.45, 7) is 0. The predicted octanol–water partition coefficient (Wildman–Crippen LogP) is 3.10. The summed E-state index contributed by atoms with van der Waals surface area (Å²) in [5, 5.41) is 4.95. The van der Waals surface area contributed by atoms with E-state index in [4.69, 9.17) is 0 Å². The van der Waals surface area contributed by atoms with Crippen molar-refractivity contribution in [1.82, 2.24) is 9.97 Å². The Bertz CT molecular complexity index is 819. The molecular weight excluding hydrogens is 337 g/mol. The highest BCUT2D eigenvalue weighted by Crippen LogP contribution is 2.31. The van der Waals surface area contributed by atoms with E-state index in [1.54, 1.807) is 0 Å². The van der Waals surface area contributed by atoms with Gasteiger partial charge < -0.3 is 10.6 Å². The average Bonchev–Trinajstić information content (AvgIpc) is 3.39. The van der Waals surface area contributed by atoms with Gasteiger partial charge in [0.25, 0.3) is 5.91 Å². The van der Waals surface area contributed by atoms with Crippen LogP contribution in [0.3, 0.4) is 0 Å². The number of carbonyl (C=O) groups is 2. The van der Waals surface area contributed by atoms with Crippen molar-refractivity contribution in [2.45, 2.75) is 19.0 Å². The lowest BCUT2D eigenvalue weighted by molar-refractivity contribution is -0.137. The quantitative estimate of drug-likeness (QED) is 0.887. The lowest BCUT2D eigenvalue weighted by Crippen LogP contribution is -2.17. The summed E-state index contributed by atoms with van der Waals surface area (Å²) in [6, 6.07) is 3.54. The van der Waals surface area contributed by atoms with Gasteiger partial charge in [-0.3, -0.25) is 14.6 Å². The van der Waals surface area contributed by atoms with Crippen molar-refractivity contribution in [1.29, 1.82) is 0 Å². The Morgan fingerprint density at radius 2 is 1.88 bits per heavy atom. The summed E-state index contributed by atoms with van der Waals surface area (Å²) in [5.41, 5.74) is -0.892. The molecule has 0 aliphatic heterocycles. The number of halogens is 3. The predicted molar refractivity (Wildman–Crippen MR) is 82.8 cm³/mol. The molecule has 6 nitrogen and oxygen atoms in total. The van der Waals surface area contributed by atoms with E-state index >= 15 is 0 Å². The highest BCUT2D eigenvalue weighted by Gasteiger charge is 2.31. The van der Waals surface area contributed by atoms with Crippen molar-refractivity contribution in [2.75, 3.05) is 10.6 Å². The first kappa shape index (κ1) is 16.9. The average molecular weight is 350 g/mol. The van der Waals surface area contributed by atoms with Gasteiger partial charge in [-0.2, -0.15) is 13.2 Å². The molecule has 0 aromatic carbocycles. The highest BCUT2D eigenvalue weighted by atomic mass is 19.4. The van der Waals surface area contributed by atoms with Crippen LogP contribution in [0.1, 0.15) is 28.8 Å². The molecule has 2 heterocycles. The summed E-state index contributed by atoms with van der Waals surface area (Å²) in [6.07, 6.45) is 0.229. The normalized spacial score (nSPS) is 14.0. The van der Waals surface area contributed by atoms with Gasteiger partial charge in [0.1, 0.15) is 5.82 Å². The zero-order valence-electron chi connectivity index (χ0n) is 12.8. The van der Waals surface area contributed by atoms with Crippen molar-refractivity contribution in [3.63, 3.8) is 0 Å². The van der Waals surface area contributed by atoms with E-state index < -0.39 is 17.6 Å². The van der Waals surface area contributed by atoms with E-state index in [9.17, 15) is 22.8 Å². The molecular formula is C16H13F3N4O2. The molecule has 2 aromatic heterocycles. The molecule has 3 rings (SSSR count). The number of nitrogens with one attached hydrogen (secondary N) is 2. The van der Waals surface area contributed by atoms with E-state index in [1.807, 2.05) is 0 Å². The van der Waals surface area contributed by atoms with E-state index in [1.165, 1.54) is 18.3 Å². The molecule has 1 aliphatic carbocycles. The zero-order chi connectivity index (χ0) is 18.0. The third-order valence-electron chi connectivity index (χ3n) is 3.54. The standard InChI is InChI=1S/C16H13F3N4O2/c17-16(18,19)11-6-12(8-20-7-11)22-15(25)10-3-4-21-13(5-10)23-14(24)9-1-2-9/h3-9H,1-2H2,(H,22,25)(H,21,23,24). The monoisotopic (exact) mass is 350 g/mol. The number of hydrogen-bond acceptors (Lipinski definition) is 4. The van der Waals surface area contributed by atoms with Crippen LogP contribution in [0.5, 0.6) is 0 Å². The van der Waals surface area contributed by atoms with E-state index in [-0.39, 0.29) is 28.9 Å². The van der Waals surface area contributed by atoms with Crippen molar-refractivity contribution in [3.05, 3.63) is 47.9 Å². The maximum atomic E-state index is 12.7. The number of pyridine rings is 2. The fraction of sp³-hybridized carbons (Fsp3) is 0.250. The summed E-state index contributed by atoms with van der Waals surface area (Å²) in [7, 11) is 0. The smallest absolute Gasteiger partial charge is 0.321 e. The third-order valence-corrected chi connectivity index (χ3v) is 3.54. The second kappa shape index (κ2) is 6.50. The van der Waals surface area contributed by atoms with Crippen LogP contribution in [0, 0.1) is 5.92 Å². The molecule has 9 heteroatoms. The Morgan fingerprint density at radius 3 is 2.56 bits per heavy atom. The van der Waals surface area contributed by atoms with Gasteiger partial charge >= 0.3 is 6.18 Å². The molecule has 0 atom stereocenters. The fourth-order valence-corrected chi connectivity index (χ4v) is 2.08. The molecule has 2 N–H and O–H groups in total. The van der Waals surface area contributed by atoms with E-state index in [0.717, 1.165) is 25.1 Å². The van der Waals surface area contributed by atoms with Gasteiger partial charge in [-0.1, -0.05) is 0 Å². The topological polar surface area (TPSA) is 84.0 Å². The van der Waals surface area contributed by atoms with Crippen LogP contribution in [-0.4, -0.2) is 21.8 Å². The lowest BCUT2D eigenvalue weighted by Gasteiger charge is -2.10. The highest BCUT2D eigenvalue weighted by molar-refractivity contribution is 6.05. The summed E-state index contributed by atoms with van der Waals surface area (Å²) in [4.78, 5) is 31.3. The van der Waals surface area contributed by atoms with Gasteiger partial charge in [0, 0.05) is 23.9 Å². The Hall–Kier alpha value is -2.97. The molecule has 0 saturated heterocycles. The van der Waals surface area contributed by atoms with Gasteiger partial charge in [0.15, 0.2) is 0 Å². The molecule has 2 amide bonds. The maximum Gasteiger partial charge on any atom is 0.417 e. The molecule has 2 aromatic rings. The fourth-order valence-electron chi connectivity index (χ4n) is 2.08. The lowest BCUT2D eigenvalue weighted by atomic mass is 10.2. The number of aromatic nitrogens is 2. The van der Waals surface area contributed by atoms with Gasteiger partial charge in [0.2, 0.25) is 5.91 Å². The van der Waals surface area contributed by atoms with Crippen molar-refractivity contribution in [3.8, 4) is 0 Å². The van der Waals surface area contributed by atoms with Gasteiger partial charge in [-0.05, 0) is 31.0 Å². The Kier molecular flexibility index (Phi) is 4.39. The van der Waals surface area contributed by atoms with Gasteiger partial charge in [-0.15, -0.1) is 0 Å². The molecule has 1 aliphatic rings. The van der Waals surface area contributed by atoms with E-state index in [0.29, 0.717) is 6.20 Å². The number of alkyl halides is 3. The molecule has 130 valence electrons. The second-order valence-corrected chi connectivity index (χ2v) is 5.61. The molecule has 0 radical (unpaired) electrons. The number of amides is 2. The first-order valence-corrected chi connectivity index (χ1v) is 7.43. The van der Waals surface area contributed by atoms with Crippen LogP contribution < -0.4 is 10.6 Å². The van der Waals surface area contributed by atoms with Crippen molar-refractivity contribution in [2.24, 2.45) is 5.92 Å². The molecule has 25 heavy (non-hydrogen) atoms. The SMILES string of the molecule is O=C(Nc1cncc(C(F)(F)F)c1)c1ccnc(NC(=O)C2CC2)c1. The Morgan fingerprint density at radius 1 is 1.12 bits per heavy atom. The summed E-state index contributed by atoms with van der Waals surface area (Å²) in [5.74, 6) is -0.597. The van der Waals surface area contributed by atoms with Crippen LogP contribution in [0.15, 0.2) is 36.8 Å². The number of anilines is 2. The largest absolute Gasteiger partial charge is 0.417 e. The number of rotatable bonds is 4. The maximum absolute atomic E-state index is 12.7. The molecule has 1 saturated carbocycles. The van der Waals surface area contributed by atoms with Crippen molar-refractivity contribution >= 4 is 23.3 Å². The van der Waals surface area contributed by atoms with Crippen molar-refractivity contribution < 1.29 is 22.8 Å². The number of hydrogen-bond donors (Lipinski definition) is 2. The van der Waals surface area contributed by atoms with E-state index in [2.05, 4.69) is 20.6 Å². The Balaban J connectivity index is 1.72. The van der Waals surface area contributed by atoms with Crippen LogP contribution in [0.2, 0.25) is 0 Å². The third kappa shape index (κ3) is 4.31. The van der Waals surface area contributed by atoms with Gasteiger partial charge in [0.05, 0.1) is 17.4 Å². The molecule has 0 bridgehead atoms. The first-order valence-electron chi connectivity index (χ1n) is 7.43. The minimum absolute atomic E-state index is 0.0181. The van der Waals surface area contributed by atoms with Crippen LogP contribution in [0.25, 0.3) is 0 Å². The summed E-state index contributed by atoms with van der Waals surface area (Å²) < 4.78 is 38.0. The molecule has 0 spiro atoms. The van der Waals surface area contributed by atoms with Crippen LogP contribution >= 0.6 is 0 Å². The number of nitrogens with zero attached hydrogens (tertiary/aromatic N) is 2.